The van der Waals surface area contributed by atoms with Gasteiger partial charge in [-0.1, -0.05) is 41.4 Å². The third kappa shape index (κ3) is 4.00. The molecule has 0 aliphatic carbocycles. The fourth-order valence-corrected chi connectivity index (χ4v) is 3.47. The molecule has 2 nitrogen and oxygen atoms in total. The normalized spacial score (nSPS) is 15.6. The van der Waals surface area contributed by atoms with Crippen molar-refractivity contribution < 1.29 is 4.74 Å². The number of piperidine rings is 1. The van der Waals surface area contributed by atoms with Crippen LogP contribution in [0.25, 0.3) is 0 Å². The fourth-order valence-electron chi connectivity index (χ4n) is 3.15. The number of nitrogens with one attached hydrogen (secondary N) is 1. The molecule has 0 atom stereocenters. The summed E-state index contributed by atoms with van der Waals surface area (Å²) in [6.07, 6.45) is 2.38. The summed E-state index contributed by atoms with van der Waals surface area (Å²) in [5.74, 6) is 1.58. The molecule has 4 heteroatoms. The molecule has 0 spiro atoms. The Kier molecular flexibility index (Phi) is 5.47. The number of ether oxygens (including phenoxy) is 1. The Labute approximate surface area is 147 Å². The van der Waals surface area contributed by atoms with Crippen molar-refractivity contribution in [2.45, 2.75) is 32.3 Å². The molecule has 0 amide bonds. The van der Waals surface area contributed by atoms with Crippen molar-refractivity contribution in [1.82, 2.24) is 5.32 Å². The van der Waals surface area contributed by atoms with Gasteiger partial charge in [-0.15, -0.1) is 0 Å². The molecule has 0 unspecified atom stereocenters. The average molecular weight is 350 g/mol. The Balaban J connectivity index is 1.73. The third-order valence-electron chi connectivity index (χ3n) is 4.48. The molecule has 1 fully saturated rings. The predicted octanol–water partition coefficient (Wildman–Crippen LogP) is 5.35. The molecule has 3 rings (SSSR count). The van der Waals surface area contributed by atoms with Gasteiger partial charge in [0.05, 0.1) is 10.0 Å². The monoisotopic (exact) mass is 349 g/mol. The molecule has 0 bridgehead atoms. The van der Waals surface area contributed by atoms with Gasteiger partial charge in [0.1, 0.15) is 12.4 Å². The Hall–Kier alpha value is -1.22. The van der Waals surface area contributed by atoms with Crippen LogP contribution in [0.3, 0.4) is 0 Å². The van der Waals surface area contributed by atoms with Crippen LogP contribution in [0, 0.1) is 6.92 Å². The van der Waals surface area contributed by atoms with Crippen LogP contribution in [0.15, 0.2) is 36.4 Å². The molecule has 1 heterocycles. The highest BCUT2D eigenvalue weighted by Gasteiger charge is 2.18. The van der Waals surface area contributed by atoms with Gasteiger partial charge in [0.2, 0.25) is 0 Å². The van der Waals surface area contributed by atoms with Crippen LogP contribution in [-0.2, 0) is 6.61 Å². The van der Waals surface area contributed by atoms with Crippen LogP contribution in [0.2, 0.25) is 10.0 Å². The van der Waals surface area contributed by atoms with Crippen LogP contribution in [0.1, 0.15) is 35.4 Å². The summed E-state index contributed by atoms with van der Waals surface area (Å²) in [6, 6.07) is 12.0. The maximum absolute atomic E-state index is 6.06. The smallest absolute Gasteiger partial charge is 0.123 e. The molecular weight excluding hydrogens is 329 g/mol. The molecule has 2 aromatic rings. The SMILES string of the molecule is Cc1c(OCc2ccc(Cl)c(Cl)c2)cccc1C1CCNCC1. The molecule has 1 saturated heterocycles. The van der Waals surface area contributed by atoms with Crippen LogP contribution in [-0.4, -0.2) is 13.1 Å². The van der Waals surface area contributed by atoms with Crippen molar-refractivity contribution in [1.29, 1.82) is 0 Å². The highest BCUT2D eigenvalue weighted by Crippen LogP contribution is 2.33. The topological polar surface area (TPSA) is 21.3 Å². The zero-order valence-corrected chi connectivity index (χ0v) is 14.8. The minimum absolute atomic E-state index is 0.493. The Morgan fingerprint density at radius 3 is 2.61 bits per heavy atom. The quantitative estimate of drug-likeness (QED) is 0.803. The molecule has 0 radical (unpaired) electrons. The molecule has 2 aromatic carbocycles. The van der Waals surface area contributed by atoms with Gasteiger partial charge in [0.25, 0.3) is 0 Å². The van der Waals surface area contributed by atoms with Crippen molar-refractivity contribution in [3.8, 4) is 5.75 Å². The van der Waals surface area contributed by atoms with E-state index in [4.69, 9.17) is 27.9 Å². The van der Waals surface area contributed by atoms with E-state index >= 15 is 0 Å². The maximum Gasteiger partial charge on any atom is 0.123 e. The molecule has 1 aliphatic heterocycles. The zero-order valence-electron chi connectivity index (χ0n) is 13.2. The van der Waals surface area contributed by atoms with Crippen molar-refractivity contribution in [2.24, 2.45) is 0 Å². The van der Waals surface area contributed by atoms with E-state index in [-0.39, 0.29) is 0 Å². The molecule has 122 valence electrons. The first kappa shape index (κ1) is 16.6. The van der Waals surface area contributed by atoms with E-state index in [1.54, 1.807) is 6.07 Å². The van der Waals surface area contributed by atoms with Gasteiger partial charge in [-0.3, -0.25) is 0 Å². The largest absolute Gasteiger partial charge is 0.489 e. The van der Waals surface area contributed by atoms with Gasteiger partial charge >= 0.3 is 0 Å². The van der Waals surface area contributed by atoms with Crippen molar-refractivity contribution in [2.75, 3.05) is 13.1 Å². The second-order valence-corrected chi connectivity index (χ2v) is 6.85. The van der Waals surface area contributed by atoms with E-state index in [2.05, 4.69) is 24.4 Å². The molecule has 0 saturated carbocycles. The lowest BCUT2D eigenvalue weighted by Gasteiger charge is -2.25. The maximum atomic E-state index is 6.06. The summed E-state index contributed by atoms with van der Waals surface area (Å²) in [7, 11) is 0. The predicted molar refractivity (Wildman–Crippen MR) is 96.8 cm³/mol. The summed E-state index contributed by atoms with van der Waals surface area (Å²) in [5, 5.41) is 4.55. The number of rotatable bonds is 4. The van der Waals surface area contributed by atoms with Gasteiger partial charge < -0.3 is 10.1 Å². The van der Waals surface area contributed by atoms with Gasteiger partial charge in [-0.25, -0.2) is 0 Å². The molecular formula is C19H21Cl2NO. The zero-order chi connectivity index (χ0) is 16.2. The van der Waals surface area contributed by atoms with Crippen LogP contribution in [0.5, 0.6) is 5.75 Å². The van der Waals surface area contributed by atoms with Gasteiger partial charge in [-0.05, 0) is 73.7 Å². The van der Waals surface area contributed by atoms with Gasteiger partial charge in [0.15, 0.2) is 0 Å². The third-order valence-corrected chi connectivity index (χ3v) is 5.22. The second kappa shape index (κ2) is 7.57. The summed E-state index contributed by atoms with van der Waals surface area (Å²) >= 11 is 12.0. The van der Waals surface area contributed by atoms with Crippen LogP contribution in [0.4, 0.5) is 0 Å². The summed E-state index contributed by atoms with van der Waals surface area (Å²) in [6.45, 7) is 4.84. The number of benzene rings is 2. The lowest BCUT2D eigenvalue weighted by Crippen LogP contribution is -2.27. The van der Waals surface area contributed by atoms with Crippen LogP contribution < -0.4 is 10.1 Å². The lowest BCUT2D eigenvalue weighted by molar-refractivity contribution is 0.303. The molecule has 1 aliphatic rings. The minimum atomic E-state index is 0.493. The number of hydrogen-bond donors (Lipinski definition) is 1. The highest BCUT2D eigenvalue weighted by molar-refractivity contribution is 6.42. The van der Waals surface area contributed by atoms with Gasteiger partial charge in [-0.2, -0.15) is 0 Å². The van der Waals surface area contributed by atoms with E-state index in [1.807, 2.05) is 18.2 Å². The van der Waals surface area contributed by atoms with E-state index in [0.29, 0.717) is 22.6 Å². The standard InChI is InChI=1S/C19H21Cl2NO/c1-13-16(15-7-9-22-10-8-15)3-2-4-19(13)23-12-14-5-6-17(20)18(21)11-14/h2-6,11,15,22H,7-10,12H2,1H3. The lowest BCUT2D eigenvalue weighted by atomic mass is 9.87. The summed E-state index contributed by atoms with van der Waals surface area (Å²) in [4.78, 5) is 0. The van der Waals surface area contributed by atoms with Crippen molar-refractivity contribution in [3.63, 3.8) is 0 Å². The average Bonchev–Trinajstić information content (AvgIpc) is 2.58. The molecule has 23 heavy (non-hydrogen) atoms. The van der Waals surface area contributed by atoms with Crippen molar-refractivity contribution in [3.05, 3.63) is 63.1 Å². The highest BCUT2D eigenvalue weighted by atomic mass is 35.5. The van der Waals surface area contributed by atoms with Gasteiger partial charge in [0, 0.05) is 0 Å². The summed E-state index contributed by atoms with van der Waals surface area (Å²) < 4.78 is 6.03. The Bertz CT molecular complexity index is 681. The minimum Gasteiger partial charge on any atom is -0.489 e. The Morgan fingerprint density at radius 1 is 1.09 bits per heavy atom. The second-order valence-electron chi connectivity index (χ2n) is 6.03. The van der Waals surface area contributed by atoms with E-state index < -0.39 is 0 Å². The summed E-state index contributed by atoms with van der Waals surface area (Å²) in [5.41, 5.74) is 3.68. The Morgan fingerprint density at radius 2 is 1.87 bits per heavy atom. The first-order chi connectivity index (χ1) is 11.1. The van der Waals surface area contributed by atoms with E-state index in [1.165, 1.54) is 24.0 Å². The van der Waals surface area contributed by atoms with Crippen LogP contribution >= 0.6 is 23.2 Å². The van der Waals surface area contributed by atoms with Crippen molar-refractivity contribution >= 4 is 23.2 Å². The molecule has 1 N–H and O–H groups in total. The van der Waals surface area contributed by atoms with E-state index in [0.717, 1.165) is 24.4 Å². The molecule has 0 aromatic heterocycles. The van der Waals surface area contributed by atoms with E-state index in [9.17, 15) is 0 Å². The first-order valence-corrected chi connectivity index (χ1v) is 8.77. The number of hydrogen-bond acceptors (Lipinski definition) is 2. The number of halogens is 2. The first-order valence-electron chi connectivity index (χ1n) is 8.02. The fraction of sp³-hybridized carbons (Fsp3) is 0.368.